The maximum Gasteiger partial charge on any atom is 0.251 e. The summed E-state index contributed by atoms with van der Waals surface area (Å²) in [5, 5.41) is 11.5. The lowest BCUT2D eigenvalue weighted by atomic mass is 10.2. The Kier molecular flexibility index (Phi) is 4.66. The molecule has 1 aromatic heterocycles. The number of unbranched alkanes of at least 4 members (excludes halogenated alkanes) is 2. The van der Waals surface area contributed by atoms with E-state index in [2.05, 4.69) is 10.3 Å². The quantitative estimate of drug-likeness (QED) is 0.786. The fourth-order valence-corrected chi connectivity index (χ4v) is 2.43. The number of thiazole rings is 1. The molecule has 4 nitrogen and oxygen atoms in total. The van der Waals surface area contributed by atoms with Gasteiger partial charge in [0.25, 0.3) is 5.91 Å². The molecule has 0 fully saturated rings. The molecule has 1 amide bonds. The van der Waals surface area contributed by atoms with Gasteiger partial charge in [-0.05, 0) is 37.5 Å². The molecule has 18 heavy (non-hydrogen) atoms. The van der Waals surface area contributed by atoms with E-state index in [1.165, 1.54) is 11.3 Å². The molecule has 0 aliphatic heterocycles. The number of nitrogens with one attached hydrogen (secondary N) is 1. The van der Waals surface area contributed by atoms with Crippen molar-refractivity contribution in [3.05, 3.63) is 29.3 Å². The molecule has 2 aromatic rings. The lowest BCUT2D eigenvalue weighted by Crippen LogP contribution is -2.24. The number of fused-ring (bicyclic) bond motifs is 1. The average Bonchev–Trinajstić information content (AvgIpc) is 2.85. The van der Waals surface area contributed by atoms with E-state index in [4.69, 9.17) is 5.11 Å². The number of carbonyl (C=O) groups excluding carboxylic acids is 1. The first-order valence-corrected chi connectivity index (χ1v) is 6.91. The van der Waals surface area contributed by atoms with E-state index in [0.29, 0.717) is 12.1 Å². The zero-order valence-corrected chi connectivity index (χ0v) is 10.9. The summed E-state index contributed by atoms with van der Waals surface area (Å²) in [6.07, 6.45) is 2.63. The number of hydrogen-bond donors (Lipinski definition) is 2. The molecule has 0 unspecified atom stereocenters. The third-order valence-electron chi connectivity index (χ3n) is 2.71. The van der Waals surface area contributed by atoms with Crippen molar-refractivity contribution in [1.29, 1.82) is 0 Å². The molecule has 0 saturated heterocycles. The lowest BCUT2D eigenvalue weighted by molar-refractivity contribution is 0.0953. The maximum absolute atomic E-state index is 11.9. The Morgan fingerprint density at radius 1 is 1.33 bits per heavy atom. The molecule has 2 rings (SSSR count). The van der Waals surface area contributed by atoms with Gasteiger partial charge in [0.2, 0.25) is 0 Å². The molecule has 0 aliphatic rings. The number of benzene rings is 1. The second kappa shape index (κ2) is 6.47. The van der Waals surface area contributed by atoms with Gasteiger partial charge >= 0.3 is 0 Å². The predicted octanol–water partition coefficient (Wildman–Crippen LogP) is 2.19. The van der Waals surface area contributed by atoms with Gasteiger partial charge in [-0.25, -0.2) is 4.98 Å². The standard InChI is InChI=1S/C13H16N2O2S/c16-7-3-1-2-6-14-13(17)10-4-5-11-12(8-10)18-9-15-11/h4-5,8-9,16H,1-3,6-7H2,(H,14,17). The SMILES string of the molecule is O=C(NCCCCCO)c1ccc2ncsc2c1. The average molecular weight is 264 g/mol. The predicted molar refractivity (Wildman–Crippen MR) is 72.9 cm³/mol. The van der Waals surface area contributed by atoms with Crippen LogP contribution in [0.4, 0.5) is 0 Å². The van der Waals surface area contributed by atoms with Crippen molar-refractivity contribution < 1.29 is 9.90 Å². The Morgan fingerprint density at radius 2 is 2.22 bits per heavy atom. The smallest absolute Gasteiger partial charge is 0.251 e. The molecule has 0 aliphatic carbocycles. The van der Waals surface area contributed by atoms with Gasteiger partial charge in [-0.1, -0.05) is 0 Å². The fraction of sp³-hybridized carbons (Fsp3) is 0.385. The Morgan fingerprint density at radius 3 is 3.06 bits per heavy atom. The van der Waals surface area contributed by atoms with Gasteiger partial charge in [0.05, 0.1) is 15.7 Å². The van der Waals surface area contributed by atoms with E-state index in [-0.39, 0.29) is 12.5 Å². The first-order chi connectivity index (χ1) is 8.81. The zero-order chi connectivity index (χ0) is 12.8. The van der Waals surface area contributed by atoms with E-state index in [1.54, 1.807) is 11.6 Å². The van der Waals surface area contributed by atoms with Crippen LogP contribution in [-0.4, -0.2) is 29.1 Å². The highest BCUT2D eigenvalue weighted by molar-refractivity contribution is 7.16. The van der Waals surface area contributed by atoms with Crippen molar-refractivity contribution in [3.63, 3.8) is 0 Å². The Bertz CT molecular complexity index is 524. The number of hydrogen-bond acceptors (Lipinski definition) is 4. The van der Waals surface area contributed by atoms with E-state index >= 15 is 0 Å². The number of amides is 1. The molecule has 0 bridgehead atoms. The molecule has 1 heterocycles. The highest BCUT2D eigenvalue weighted by Crippen LogP contribution is 2.18. The molecule has 96 valence electrons. The van der Waals surface area contributed by atoms with E-state index < -0.39 is 0 Å². The number of aromatic nitrogens is 1. The molecular formula is C13H16N2O2S. The van der Waals surface area contributed by atoms with Crippen LogP contribution >= 0.6 is 11.3 Å². The second-order valence-electron chi connectivity index (χ2n) is 4.08. The van der Waals surface area contributed by atoms with Crippen LogP contribution in [0, 0.1) is 0 Å². The van der Waals surface area contributed by atoms with Gasteiger partial charge in [0.1, 0.15) is 0 Å². The molecular weight excluding hydrogens is 248 g/mol. The van der Waals surface area contributed by atoms with Gasteiger partial charge in [0, 0.05) is 18.7 Å². The van der Waals surface area contributed by atoms with Crippen LogP contribution < -0.4 is 5.32 Å². The third kappa shape index (κ3) is 3.27. The minimum atomic E-state index is -0.0469. The van der Waals surface area contributed by atoms with Crippen LogP contribution in [0.1, 0.15) is 29.6 Å². The third-order valence-corrected chi connectivity index (χ3v) is 3.51. The van der Waals surface area contributed by atoms with Gasteiger partial charge in [-0.3, -0.25) is 4.79 Å². The lowest BCUT2D eigenvalue weighted by Gasteiger charge is -2.04. The summed E-state index contributed by atoms with van der Waals surface area (Å²) < 4.78 is 1.03. The van der Waals surface area contributed by atoms with Gasteiger partial charge in [-0.15, -0.1) is 11.3 Å². The highest BCUT2D eigenvalue weighted by atomic mass is 32.1. The first kappa shape index (κ1) is 13.0. The largest absolute Gasteiger partial charge is 0.396 e. The number of aliphatic hydroxyl groups is 1. The van der Waals surface area contributed by atoms with Crippen LogP contribution in [0.15, 0.2) is 23.7 Å². The first-order valence-electron chi connectivity index (χ1n) is 6.03. The Hall–Kier alpha value is -1.46. The summed E-state index contributed by atoms with van der Waals surface area (Å²) >= 11 is 1.53. The summed E-state index contributed by atoms with van der Waals surface area (Å²) in [6, 6.07) is 5.54. The minimum Gasteiger partial charge on any atom is -0.396 e. The summed E-state index contributed by atoms with van der Waals surface area (Å²) in [5.74, 6) is -0.0469. The number of rotatable bonds is 6. The van der Waals surface area contributed by atoms with Crippen LogP contribution in [-0.2, 0) is 0 Å². The van der Waals surface area contributed by atoms with Gasteiger partial charge in [-0.2, -0.15) is 0 Å². The fourth-order valence-electron chi connectivity index (χ4n) is 1.71. The Labute approximate surface area is 110 Å². The van der Waals surface area contributed by atoms with E-state index in [9.17, 15) is 4.79 Å². The normalized spacial score (nSPS) is 10.7. The molecule has 0 saturated carbocycles. The van der Waals surface area contributed by atoms with Crippen LogP contribution in [0.2, 0.25) is 0 Å². The van der Waals surface area contributed by atoms with Gasteiger partial charge < -0.3 is 10.4 Å². The van der Waals surface area contributed by atoms with Crippen LogP contribution in [0.5, 0.6) is 0 Å². The van der Waals surface area contributed by atoms with E-state index in [1.807, 2.05) is 12.1 Å². The highest BCUT2D eigenvalue weighted by Gasteiger charge is 2.06. The van der Waals surface area contributed by atoms with Crippen molar-refractivity contribution in [1.82, 2.24) is 10.3 Å². The zero-order valence-electron chi connectivity index (χ0n) is 10.1. The number of aliphatic hydroxyl groups excluding tert-OH is 1. The maximum atomic E-state index is 11.9. The van der Waals surface area contributed by atoms with Gasteiger partial charge in [0.15, 0.2) is 0 Å². The van der Waals surface area contributed by atoms with Crippen LogP contribution in [0.25, 0.3) is 10.2 Å². The molecule has 0 atom stereocenters. The number of carbonyl (C=O) groups is 1. The van der Waals surface area contributed by atoms with Crippen molar-refractivity contribution >= 4 is 27.5 Å². The van der Waals surface area contributed by atoms with Crippen molar-refractivity contribution in [2.75, 3.05) is 13.2 Å². The molecule has 5 heteroatoms. The number of nitrogens with zero attached hydrogens (tertiary/aromatic N) is 1. The Balaban J connectivity index is 1.88. The summed E-state index contributed by atoms with van der Waals surface area (Å²) in [5.41, 5.74) is 3.38. The molecule has 1 aromatic carbocycles. The summed E-state index contributed by atoms with van der Waals surface area (Å²) in [7, 11) is 0. The topological polar surface area (TPSA) is 62.2 Å². The second-order valence-corrected chi connectivity index (χ2v) is 4.96. The molecule has 0 radical (unpaired) electrons. The van der Waals surface area contributed by atoms with Crippen molar-refractivity contribution in [2.24, 2.45) is 0 Å². The van der Waals surface area contributed by atoms with E-state index in [0.717, 1.165) is 29.5 Å². The monoisotopic (exact) mass is 264 g/mol. The van der Waals surface area contributed by atoms with Crippen molar-refractivity contribution in [2.45, 2.75) is 19.3 Å². The molecule has 2 N–H and O–H groups in total. The summed E-state index contributed by atoms with van der Waals surface area (Å²) in [4.78, 5) is 16.0. The van der Waals surface area contributed by atoms with Crippen LogP contribution in [0.3, 0.4) is 0 Å². The summed E-state index contributed by atoms with van der Waals surface area (Å²) in [6.45, 7) is 0.871. The minimum absolute atomic E-state index is 0.0469. The molecule has 0 spiro atoms. The van der Waals surface area contributed by atoms with Crippen molar-refractivity contribution in [3.8, 4) is 0 Å².